The first-order valence-electron chi connectivity index (χ1n) is 6.51. The lowest BCUT2D eigenvalue weighted by atomic mass is 10.1. The minimum absolute atomic E-state index is 0.0852. The first kappa shape index (κ1) is 15.4. The molecule has 0 aliphatic carbocycles. The van der Waals surface area contributed by atoms with Gasteiger partial charge in [0.05, 0.1) is 12.4 Å². The van der Waals surface area contributed by atoms with Crippen LogP contribution >= 0.6 is 11.8 Å². The van der Waals surface area contributed by atoms with E-state index in [0.717, 1.165) is 10.9 Å². The molecular weight excluding hydrogens is 292 g/mol. The van der Waals surface area contributed by atoms with Crippen LogP contribution in [-0.2, 0) is 15.3 Å². The number of hydrogen-bond acceptors (Lipinski definition) is 6. The zero-order valence-corrected chi connectivity index (χ0v) is 12.7. The van der Waals surface area contributed by atoms with Gasteiger partial charge in [0, 0.05) is 22.8 Å². The number of esters is 1. The Morgan fingerprint density at radius 1 is 1.43 bits per heavy atom. The van der Waals surface area contributed by atoms with Crippen molar-refractivity contribution in [3.8, 4) is 5.75 Å². The van der Waals surface area contributed by atoms with Crippen LogP contribution < -0.4 is 5.63 Å². The van der Waals surface area contributed by atoms with Crippen molar-refractivity contribution >= 4 is 28.7 Å². The van der Waals surface area contributed by atoms with Crippen molar-refractivity contribution in [2.75, 3.05) is 12.4 Å². The van der Waals surface area contributed by atoms with E-state index in [0.29, 0.717) is 23.5 Å². The van der Waals surface area contributed by atoms with Crippen LogP contribution in [0.3, 0.4) is 0 Å². The molecule has 1 heterocycles. The Kier molecular flexibility index (Phi) is 4.90. The Morgan fingerprint density at radius 3 is 2.90 bits per heavy atom. The van der Waals surface area contributed by atoms with Gasteiger partial charge in [-0.2, -0.15) is 0 Å². The number of phenols is 1. The first-order chi connectivity index (χ1) is 10.0. The quantitative estimate of drug-likeness (QED) is 0.676. The highest BCUT2D eigenvalue weighted by Gasteiger charge is 2.11. The van der Waals surface area contributed by atoms with Crippen molar-refractivity contribution < 1.29 is 19.1 Å². The lowest BCUT2D eigenvalue weighted by Crippen LogP contribution is -2.07. The van der Waals surface area contributed by atoms with Gasteiger partial charge in [-0.1, -0.05) is 0 Å². The highest BCUT2D eigenvalue weighted by molar-refractivity contribution is 7.99. The molecule has 0 atom stereocenters. The van der Waals surface area contributed by atoms with Gasteiger partial charge in [0.15, 0.2) is 0 Å². The summed E-state index contributed by atoms with van der Waals surface area (Å²) in [7, 11) is 0. The predicted molar refractivity (Wildman–Crippen MR) is 81.7 cm³/mol. The molecule has 0 bridgehead atoms. The number of carbonyl (C=O) groups is 1. The van der Waals surface area contributed by atoms with E-state index in [9.17, 15) is 14.7 Å². The smallest absolute Gasteiger partial charge is 0.336 e. The van der Waals surface area contributed by atoms with E-state index >= 15 is 0 Å². The van der Waals surface area contributed by atoms with Crippen LogP contribution in [0.2, 0.25) is 0 Å². The van der Waals surface area contributed by atoms with Crippen LogP contribution in [-0.4, -0.2) is 23.4 Å². The van der Waals surface area contributed by atoms with Crippen LogP contribution in [0.25, 0.3) is 11.0 Å². The molecule has 1 N–H and O–H groups in total. The van der Waals surface area contributed by atoms with E-state index < -0.39 is 5.63 Å². The van der Waals surface area contributed by atoms with E-state index in [2.05, 4.69) is 0 Å². The summed E-state index contributed by atoms with van der Waals surface area (Å²) >= 11 is 1.37. The average molecular weight is 308 g/mol. The number of rotatable bonds is 5. The number of benzene rings is 1. The van der Waals surface area contributed by atoms with E-state index in [-0.39, 0.29) is 17.5 Å². The van der Waals surface area contributed by atoms with Crippen LogP contribution in [0.5, 0.6) is 5.75 Å². The van der Waals surface area contributed by atoms with Crippen molar-refractivity contribution in [1.82, 2.24) is 0 Å². The first-order valence-corrected chi connectivity index (χ1v) is 7.67. The van der Waals surface area contributed by atoms with Crippen molar-refractivity contribution in [3.05, 3.63) is 39.7 Å². The molecular formula is C15H16O5S. The maximum atomic E-state index is 11.6. The van der Waals surface area contributed by atoms with Gasteiger partial charge in [0.25, 0.3) is 0 Å². The van der Waals surface area contributed by atoms with Gasteiger partial charge >= 0.3 is 11.6 Å². The Balaban J connectivity index is 2.26. The number of aromatic hydroxyl groups is 1. The molecule has 2 aromatic rings. The molecule has 0 aliphatic heterocycles. The Labute approximate surface area is 125 Å². The van der Waals surface area contributed by atoms with Crippen molar-refractivity contribution in [3.63, 3.8) is 0 Å². The summed E-state index contributed by atoms with van der Waals surface area (Å²) in [5.41, 5.74) is 1.22. The molecule has 0 radical (unpaired) electrons. The number of phenolic OH excluding ortho intramolecular Hbond substituents is 1. The molecule has 0 saturated heterocycles. The van der Waals surface area contributed by atoms with E-state index in [1.54, 1.807) is 26.0 Å². The minimum atomic E-state index is -0.470. The lowest BCUT2D eigenvalue weighted by molar-refractivity contribution is -0.139. The molecule has 0 unspecified atom stereocenters. The molecule has 1 aromatic heterocycles. The minimum Gasteiger partial charge on any atom is -0.508 e. The number of fused-ring (bicyclic) bond motifs is 1. The number of aryl methyl sites for hydroxylation is 1. The SMILES string of the molecule is CCOC(=O)CSCc1cc(=O)oc2c(C)c(O)ccc12. The molecule has 6 heteroatoms. The fraction of sp³-hybridized carbons (Fsp3) is 0.333. The molecule has 0 saturated carbocycles. The molecule has 0 aliphatic rings. The maximum Gasteiger partial charge on any atom is 0.336 e. The van der Waals surface area contributed by atoms with Gasteiger partial charge in [0.2, 0.25) is 0 Å². The fourth-order valence-corrected chi connectivity index (χ4v) is 2.79. The Bertz CT molecular complexity index is 720. The lowest BCUT2D eigenvalue weighted by Gasteiger charge is -2.08. The average Bonchev–Trinajstić information content (AvgIpc) is 2.43. The second-order valence-corrected chi connectivity index (χ2v) is 5.46. The molecule has 1 aromatic carbocycles. The normalized spacial score (nSPS) is 10.8. The molecule has 2 rings (SSSR count). The topological polar surface area (TPSA) is 76.7 Å². The number of hydrogen-bond donors (Lipinski definition) is 1. The third kappa shape index (κ3) is 3.58. The van der Waals surface area contributed by atoms with Gasteiger partial charge in [-0.3, -0.25) is 4.79 Å². The summed E-state index contributed by atoms with van der Waals surface area (Å²) in [5, 5.41) is 10.4. The van der Waals surface area contributed by atoms with Crippen molar-refractivity contribution in [2.24, 2.45) is 0 Å². The van der Waals surface area contributed by atoms with E-state index in [4.69, 9.17) is 9.15 Å². The standard InChI is InChI=1S/C15H16O5S/c1-3-19-14(18)8-21-7-10-6-13(17)20-15-9(2)12(16)5-4-11(10)15/h4-6,16H,3,7-8H2,1-2H3. The van der Waals surface area contributed by atoms with Crippen molar-refractivity contribution in [1.29, 1.82) is 0 Å². The fourth-order valence-electron chi connectivity index (χ4n) is 1.98. The highest BCUT2D eigenvalue weighted by Crippen LogP contribution is 2.28. The third-order valence-corrected chi connectivity index (χ3v) is 3.96. The largest absolute Gasteiger partial charge is 0.508 e. The van der Waals surface area contributed by atoms with Gasteiger partial charge < -0.3 is 14.3 Å². The third-order valence-electron chi connectivity index (χ3n) is 3.00. The summed E-state index contributed by atoms with van der Waals surface area (Å²) in [6.45, 7) is 3.81. The van der Waals surface area contributed by atoms with Crippen LogP contribution in [0.4, 0.5) is 0 Å². The Hall–Kier alpha value is -1.95. The zero-order valence-electron chi connectivity index (χ0n) is 11.8. The van der Waals surface area contributed by atoms with Gasteiger partial charge in [-0.05, 0) is 31.5 Å². The molecule has 112 valence electrons. The Morgan fingerprint density at radius 2 is 2.19 bits per heavy atom. The molecule has 0 fully saturated rings. The summed E-state index contributed by atoms with van der Waals surface area (Å²) < 4.78 is 10.0. The number of ether oxygens (including phenoxy) is 1. The summed E-state index contributed by atoms with van der Waals surface area (Å²) in [6, 6.07) is 4.69. The maximum absolute atomic E-state index is 11.6. The molecule has 5 nitrogen and oxygen atoms in total. The number of carbonyl (C=O) groups excluding carboxylic acids is 1. The second-order valence-electron chi connectivity index (χ2n) is 4.47. The number of thioether (sulfide) groups is 1. The summed E-state index contributed by atoms with van der Waals surface area (Å²) in [5.74, 6) is 0.531. The molecule has 0 amide bonds. The highest BCUT2D eigenvalue weighted by atomic mass is 32.2. The van der Waals surface area contributed by atoms with Gasteiger partial charge in [-0.25, -0.2) is 4.79 Å². The van der Waals surface area contributed by atoms with E-state index in [1.807, 2.05) is 0 Å². The zero-order chi connectivity index (χ0) is 15.4. The van der Waals surface area contributed by atoms with Crippen LogP contribution in [0, 0.1) is 6.92 Å². The monoisotopic (exact) mass is 308 g/mol. The summed E-state index contributed by atoms with van der Waals surface area (Å²) in [4.78, 5) is 22.9. The predicted octanol–water partition coefficient (Wildman–Crippen LogP) is 2.60. The second kappa shape index (κ2) is 6.67. The summed E-state index contributed by atoms with van der Waals surface area (Å²) in [6.07, 6.45) is 0. The van der Waals surface area contributed by atoms with Gasteiger partial charge in [0.1, 0.15) is 11.3 Å². The molecule has 21 heavy (non-hydrogen) atoms. The van der Waals surface area contributed by atoms with Crippen molar-refractivity contribution in [2.45, 2.75) is 19.6 Å². The van der Waals surface area contributed by atoms with Gasteiger partial charge in [-0.15, -0.1) is 11.8 Å². The van der Waals surface area contributed by atoms with Crippen LogP contribution in [0.15, 0.2) is 27.4 Å². The van der Waals surface area contributed by atoms with E-state index in [1.165, 1.54) is 17.8 Å². The van der Waals surface area contributed by atoms with Crippen LogP contribution in [0.1, 0.15) is 18.1 Å². The molecule has 0 spiro atoms.